The highest BCUT2D eigenvalue weighted by molar-refractivity contribution is 6.00. The highest BCUT2D eigenvalue weighted by atomic mass is 15.1. The summed E-state index contributed by atoms with van der Waals surface area (Å²) in [5, 5.41) is 2.33. The van der Waals surface area contributed by atoms with Crippen LogP contribution in [0.4, 0.5) is 11.4 Å². The van der Waals surface area contributed by atoms with E-state index in [-0.39, 0.29) is 0 Å². The summed E-state index contributed by atoms with van der Waals surface area (Å²) in [7, 11) is 0. The first kappa shape index (κ1) is 12.9. The van der Waals surface area contributed by atoms with Crippen LogP contribution in [0.25, 0.3) is 10.8 Å². The molecule has 2 heterocycles. The number of aromatic nitrogens is 1. The van der Waals surface area contributed by atoms with Crippen molar-refractivity contribution in [3.63, 3.8) is 0 Å². The van der Waals surface area contributed by atoms with Gasteiger partial charge >= 0.3 is 0 Å². The Bertz CT molecular complexity index is 652. The summed E-state index contributed by atoms with van der Waals surface area (Å²) < 4.78 is 0. The van der Waals surface area contributed by atoms with Crippen molar-refractivity contribution in [2.24, 2.45) is 11.8 Å². The van der Waals surface area contributed by atoms with Crippen molar-refractivity contribution >= 4 is 22.1 Å². The van der Waals surface area contributed by atoms with Crippen LogP contribution in [-0.2, 0) is 0 Å². The molecule has 1 saturated carbocycles. The molecule has 2 atom stereocenters. The zero-order valence-electron chi connectivity index (χ0n) is 12.5. The number of benzene rings is 1. The molecule has 1 aromatic carbocycles. The van der Waals surface area contributed by atoms with Crippen LogP contribution in [0.5, 0.6) is 0 Å². The summed E-state index contributed by atoms with van der Waals surface area (Å²) in [6.45, 7) is 2.38. The Morgan fingerprint density at radius 2 is 1.86 bits per heavy atom. The van der Waals surface area contributed by atoms with Crippen molar-refractivity contribution < 1.29 is 0 Å². The molecule has 0 amide bonds. The fraction of sp³-hybridized carbons (Fsp3) is 0.500. The lowest BCUT2D eigenvalue weighted by atomic mass is 9.75. The number of pyridine rings is 1. The SMILES string of the molecule is Nc1ccc(N2CCC3CCCCC3C2)c2cnccc12. The lowest BCUT2D eigenvalue weighted by molar-refractivity contribution is 0.202. The van der Waals surface area contributed by atoms with Gasteiger partial charge in [-0.3, -0.25) is 4.98 Å². The van der Waals surface area contributed by atoms with E-state index < -0.39 is 0 Å². The van der Waals surface area contributed by atoms with Gasteiger partial charge in [-0.05, 0) is 42.9 Å². The van der Waals surface area contributed by atoms with Crippen LogP contribution in [0.1, 0.15) is 32.1 Å². The Labute approximate surface area is 126 Å². The van der Waals surface area contributed by atoms with E-state index in [1.165, 1.54) is 56.3 Å². The van der Waals surface area contributed by atoms with Crippen LogP contribution < -0.4 is 10.6 Å². The van der Waals surface area contributed by atoms with Gasteiger partial charge in [-0.25, -0.2) is 0 Å². The van der Waals surface area contributed by atoms with Crippen molar-refractivity contribution in [3.05, 3.63) is 30.6 Å². The van der Waals surface area contributed by atoms with Crippen molar-refractivity contribution in [3.8, 4) is 0 Å². The monoisotopic (exact) mass is 281 g/mol. The van der Waals surface area contributed by atoms with Gasteiger partial charge in [0.25, 0.3) is 0 Å². The molecule has 2 N–H and O–H groups in total. The van der Waals surface area contributed by atoms with Gasteiger partial charge in [-0.1, -0.05) is 19.3 Å². The Hall–Kier alpha value is -1.77. The molecule has 110 valence electrons. The molecule has 1 aliphatic heterocycles. The average molecular weight is 281 g/mol. The molecule has 2 aliphatic rings. The third-order valence-corrected chi connectivity index (χ3v) is 5.46. The Morgan fingerprint density at radius 1 is 1.00 bits per heavy atom. The largest absolute Gasteiger partial charge is 0.398 e. The zero-order chi connectivity index (χ0) is 14.2. The van der Waals surface area contributed by atoms with E-state index in [4.69, 9.17) is 5.73 Å². The van der Waals surface area contributed by atoms with E-state index in [0.29, 0.717) is 0 Å². The average Bonchev–Trinajstić information content (AvgIpc) is 2.55. The van der Waals surface area contributed by atoms with Crippen LogP contribution in [0, 0.1) is 11.8 Å². The summed E-state index contributed by atoms with van der Waals surface area (Å²) in [5.74, 6) is 1.85. The summed E-state index contributed by atoms with van der Waals surface area (Å²) in [5.41, 5.74) is 8.28. The number of nitrogens with two attached hydrogens (primary N) is 1. The minimum Gasteiger partial charge on any atom is -0.398 e. The van der Waals surface area contributed by atoms with Crippen LogP contribution in [-0.4, -0.2) is 18.1 Å². The molecule has 4 rings (SSSR count). The van der Waals surface area contributed by atoms with Gasteiger partial charge in [-0.2, -0.15) is 0 Å². The third kappa shape index (κ3) is 2.25. The van der Waals surface area contributed by atoms with Crippen LogP contribution in [0.2, 0.25) is 0 Å². The van der Waals surface area contributed by atoms with Gasteiger partial charge in [0.15, 0.2) is 0 Å². The number of hydrogen-bond donors (Lipinski definition) is 1. The fourth-order valence-corrected chi connectivity index (χ4v) is 4.29. The summed E-state index contributed by atoms with van der Waals surface area (Å²) >= 11 is 0. The van der Waals surface area contributed by atoms with Gasteiger partial charge < -0.3 is 10.6 Å². The lowest BCUT2D eigenvalue weighted by Gasteiger charge is -2.42. The fourth-order valence-electron chi connectivity index (χ4n) is 4.29. The van der Waals surface area contributed by atoms with Gasteiger partial charge in [0, 0.05) is 47.6 Å². The second kappa shape index (κ2) is 5.21. The Kier molecular flexibility index (Phi) is 3.21. The molecular weight excluding hydrogens is 258 g/mol. The van der Waals surface area contributed by atoms with Crippen molar-refractivity contribution in [2.75, 3.05) is 23.7 Å². The highest BCUT2D eigenvalue weighted by Crippen LogP contribution is 2.39. The molecule has 2 unspecified atom stereocenters. The maximum atomic E-state index is 6.11. The second-order valence-corrected chi connectivity index (χ2v) is 6.63. The van der Waals surface area contributed by atoms with Crippen LogP contribution in [0.15, 0.2) is 30.6 Å². The molecule has 2 fully saturated rings. The first-order valence-corrected chi connectivity index (χ1v) is 8.20. The Balaban J connectivity index is 1.69. The maximum absolute atomic E-state index is 6.11. The molecule has 0 spiro atoms. The number of nitrogens with zero attached hydrogens (tertiary/aromatic N) is 2. The number of piperidine rings is 1. The second-order valence-electron chi connectivity index (χ2n) is 6.63. The van der Waals surface area contributed by atoms with Crippen molar-refractivity contribution in [2.45, 2.75) is 32.1 Å². The first-order chi connectivity index (χ1) is 10.3. The topological polar surface area (TPSA) is 42.1 Å². The number of nitrogen functional groups attached to an aromatic ring is 1. The molecule has 1 aliphatic carbocycles. The van der Waals surface area contributed by atoms with Crippen LogP contribution in [0.3, 0.4) is 0 Å². The minimum atomic E-state index is 0.851. The van der Waals surface area contributed by atoms with Gasteiger partial charge in [0.2, 0.25) is 0 Å². The maximum Gasteiger partial charge on any atom is 0.0463 e. The minimum absolute atomic E-state index is 0.851. The summed E-state index contributed by atoms with van der Waals surface area (Å²) in [6, 6.07) is 6.26. The quantitative estimate of drug-likeness (QED) is 0.808. The third-order valence-electron chi connectivity index (χ3n) is 5.46. The molecule has 2 aromatic rings. The molecule has 3 heteroatoms. The van der Waals surface area contributed by atoms with E-state index in [1.807, 2.05) is 24.5 Å². The molecule has 0 radical (unpaired) electrons. The van der Waals surface area contributed by atoms with Gasteiger partial charge in [0.05, 0.1) is 0 Å². The van der Waals surface area contributed by atoms with E-state index in [1.54, 1.807) is 0 Å². The van der Waals surface area contributed by atoms with Gasteiger partial charge in [0.1, 0.15) is 0 Å². The first-order valence-electron chi connectivity index (χ1n) is 8.20. The summed E-state index contributed by atoms with van der Waals surface area (Å²) in [6.07, 6.45) is 10.9. The molecule has 0 bridgehead atoms. The Morgan fingerprint density at radius 3 is 2.76 bits per heavy atom. The van der Waals surface area contributed by atoms with E-state index >= 15 is 0 Å². The highest BCUT2D eigenvalue weighted by Gasteiger charge is 2.31. The van der Waals surface area contributed by atoms with E-state index in [9.17, 15) is 0 Å². The number of hydrogen-bond acceptors (Lipinski definition) is 3. The molecule has 1 saturated heterocycles. The zero-order valence-corrected chi connectivity index (χ0v) is 12.5. The number of anilines is 2. The predicted molar refractivity (Wildman–Crippen MR) is 88.4 cm³/mol. The normalized spacial score (nSPS) is 25.8. The standard InChI is InChI=1S/C18H23N3/c19-17-5-6-18(16-11-20-9-7-15(16)17)21-10-8-13-3-1-2-4-14(13)12-21/h5-7,9,11,13-14H,1-4,8,10,12,19H2. The van der Waals surface area contributed by atoms with Crippen LogP contribution >= 0.6 is 0 Å². The lowest BCUT2D eigenvalue weighted by Crippen LogP contribution is -2.41. The predicted octanol–water partition coefficient (Wildman–Crippen LogP) is 3.83. The molecular formula is C18H23N3. The van der Waals surface area contributed by atoms with Gasteiger partial charge in [-0.15, -0.1) is 0 Å². The molecule has 3 nitrogen and oxygen atoms in total. The smallest absolute Gasteiger partial charge is 0.0463 e. The number of fused-ring (bicyclic) bond motifs is 2. The summed E-state index contributed by atoms with van der Waals surface area (Å²) in [4.78, 5) is 6.87. The van der Waals surface area contributed by atoms with Crippen molar-refractivity contribution in [1.29, 1.82) is 0 Å². The van der Waals surface area contributed by atoms with Crippen molar-refractivity contribution in [1.82, 2.24) is 4.98 Å². The molecule has 21 heavy (non-hydrogen) atoms. The van der Waals surface area contributed by atoms with E-state index in [0.717, 1.165) is 22.9 Å². The molecule has 1 aromatic heterocycles. The number of rotatable bonds is 1. The van der Waals surface area contributed by atoms with E-state index in [2.05, 4.69) is 16.0 Å².